The van der Waals surface area contributed by atoms with E-state index in [0.29, 0.717) is 21.8 Å². The summed E-state index contributed by atoms with van der Waals surface area (Å²) in [4.78, 5) is 22.4. The van der Waals surface area contributed by atoms with Crippen LogP contribution in [0.15, 0.2) is 40.9 Å². The van der Waals surface area contributed by atoms with Gasteiger partial charge in [-0.1, -0.05) is 27.5 Å². The van der Waals surface area contributed by atoms with Crippen LogP contribution in [-0.4, -0.2) is 10.8 Å². The summed E-state index contributed by atoms with van der Waals surface area (Å²) in [5, 5.41) is 13.8. The largest absolute Gasteiger partial charge is 0.321 e. The van der Waals surface area contributed by atoms with E-state index >= 15 is 0 Å². The number of aryl methyl sites for hydroxylation is 1. The minimum absolute atomic E-state index is 0.0202. The summed E-state index contributed by atoms with van der Waals surface area (Å²) in [6, 6.07) is 9.28. The van der Waals surface area contributed by atoms with Crippen molar-refractivity contribution < 1.29 is 9.72 Å². The lowest BCUT2D eigenvalue weighted by Gasteiger charge is -2.08. The third-order valence-electron chi connectivity index (χ3n) is 2.84. The van der Waals surface area contributed by atoms with E-state index in [4.69, 9.17) is 11.6 Å². The summed E-state index contributed by atoms with van der Waals surface area (Å²) in [6.07, 6.45) is 0. The lowest BCUT2D eigenvalue weighted by atomic mass is 10.1. The molecule has 0 aliphatic rings. The highest BCUT2D eigenvalue weighted by Gasteiger charge is 2.14. The van der Waals surface area contributed by atoms with Gasteiger partial charge in [0.05, 0.1) is 15.6 Å². The first-order chi connectivity index (χ1) is 9.88. The second-order valence-corrected chi connectivity index (χ2v) is 5.66. The van der Waals surface area contributed by atoms with Crippen molar-refractivity contribution in [2.75, 3.05) is 5.32 Å². The molecular formula is C14H10BrClN2O3. The molecule has 2 aromatic rings. The third-order valence-corrected chi connectivity index (χ3v) is 3.64. The second kappa shape index (κ2) is 6.24. The van der Waals surface area contributed by atoms with Crippen LogP contribution in [0.1, 0.15) is 15.9 Å². The first-order valence-electron chi connectivity index (χ1n) is 5.90. The standard InChI is InChI=1S/C14H10BrClN2O3/c1-8-6-9(2-5-13(8)18(20)21)14(19)17-12-4-3-10(15)7-11(12)16/h2-7H,1H3,(H,17,19). The summed E-state index contributed by atoms with van der Waals surface area (Å²) in [6.45, 7) is 1.58. The molecular weight excluding hydrogens is 360 g/mol. The van der Waals surface area contributed by atoms with Gasteiger partial charge in [0.2, 0.25) is 0 Å². The van der Waals surface area contributed by atoms with Crippen molar-refractivity contribution in [1.29, 1.82) is 0 Å². The van der Waals surface area contributed by atoms with E-state index in [1.165, 1.54) is 18.2 Å². The zero-order chi connectivity index (χ0) is 15.6. The normalized spacial score (nSPS) is 10.2. The molecule has 0 atom stereocenters. The number of anilines is 1. The molecule has 0 aliphatic heterocycles. The number of hydrogen-bond acceptors (Lipinski definition) is 3. The maximum absolute atomic E-state index is 12.1. The molecule has 0 aromatic heterocycles. The molecule has 0 unspecified atom stereocenters. The fourth-order valence-corrected chi connectivity index (χ4v) is 2.51. The Labute approximate surface area is 134 Å². The van der Waals surface area contributed by atoms with E-state index < -0.39 is 4.92 Å². The van der Waals surface area contributed by atoms with Crippen molar-refractivity contribution in [3.63, 3.8) is 0 Å². The summed E-state index contributed by atoms with van der Waals surface area (Å²) in [5.74, 6) is -0.378. The lowest BCUT2D eigenvalue weighted by molar-refractivity contribution is -0.385. The maximum atomic E-state index is 12.1. The zero-order valence-corrected chi connectivity index (χ0v) is 13.2. The predicted molar refractivity (Wildman–Crippen MR) is 84.9 cm³/mol. The highest BCUT2D eigenvalue weighted by Crippen LogP contribution is 2.26. The molecule has 5 nitrogen and oxygen atoms in total. The van der Waals surface area contributed by atoms with E-state index in [2.05, 4.69) is 21.2 Å². The van der Waals surface area contributed by atoms with Gasteiger partial charge in [0, 0.05) is 21.7 Å². The van der Waals surface area contributed by atoms with Gasteiger partial charge in [-0.2, -0.15) is 0 Å². The van der Waals surface area contributed by atoms with Gasteiger partial charge in [-0.05, 0) is 37.3 Å². The molecule has 2 rings (SSSR count). The number of nitrogens with one attached hydrogen (secondary N) is 1. The van der Waals surface area contributed by atoms with Crippen molar-refractivity contribution in [2.24, 2.45) is 0 Å². The molecule has 1 amide bonds. The van der Waals surface area contributed by atoms with Gasteiger partial charge in [-0.15, -0.1) is 0 Å². The van der Waals surface area contributed by atoms with Crippen LogP contribution in [0.2, 0.25) is 5.02 Å². The van der Waals surface area contributed by atoms with E-state index in [9.17, 15) is 14.9 Å². The summed E-state index contributed by atoms with van der Waals surface area (Å²) in [5.41, 5.74) is 1.21. The predicted octanol–water partition coefficient (Wildman–Crippen LogP) is 4.57. The van der Waals surface area contributed by atoms with Crippen LogP contribution in [0.4, 0.5) is 11.4 Å². The van der Waals surface area contributed by atoms with Crippen LogP contribution in [-0.2, 0) is 0 Å². The summed E-state index contributed by atoms with van der Waals surface area (Å²) < 4.78 is 0.802. The number of hydrogen-bond donors (Lipinski definition) is 1. The van der Waals surface area contributed by atoms with Crippen LogP contribution in [0, 0.1) is 17.0 Å². The molecule has 0 fully saturated rings. The second-order valence-electron chi connectivity index (χ2n) is 4.34. The Hall–Kier alpha value is -1.92. The van der Waals surface area contributed by atoms with Gasteiger partial charge in [-0.25, -0.2) is 0 Å². The molecule has 1 N–H and O–H groups in total. The van der Waals surface area contributed by atoms with Gasteiger partial charge in [0.1, 0.15) is 0 Å². The number of halogens is 2. The molecule has 0 saturated carbocycles. The monoisotopic (exact) mass is 368 g/mol. The van der Waals surface area contributed by atoms with Crippen LogP contribution < -0.4 is 5.32 Å². The van der Waals surface area contributed by atoms with Crippen molar-refractivity contribution >= 4 is 44.8 Å². The van der Waals surface area contributed by atoms with E-state index in [-0.39, 0.29) is 11.6 Å². The van der Waals surface area contributed by atoms with Gasteiger partial charge < -0.3 is 5.32 Å². The number of amides is 1. The maximum Gasteiger partial charge on any atom is 0.272 e. The topological polar surface area (TPSA) is 72.2 Å². The van der Waals surface area contributed by atoms with Gasteiger partial charge in [0.25, 0.3) is 11.6 Å². The van der Waals surface area contributed by atoms with Gasteiger partial charge >= 0.3 is 0 Å². The highest BCUT2D eigenvalue weighted by atomic mass is 79.9. The molecule has 0 saturated heterocycles. The lowest BCUT2D eigenvalue weighted by Crippen LogP contribution is -2.12. The number of nitro benzene ring substituents is 1. The van der Waals surface area contributed by atoms with Crippen molar-refractivity contribution in [2.45, 2.75) is 6.92 Å². The zero-order valence-electron chi connectivity index (χ0n) is 10.9. The van der Waals surface area contributed by atoms with Crippen molar-refractivity contribution in [3.05, 3.63) is 67.1 Å². The Morgan fingerprint density at radius 1 is 1.29 bits per heavy atom. The SMILES string of the molecule is Cc1cc(C(=O)Nc2ccc(Br)cc2Cl)ccc1[N+](=O)[O-]. The number of benzene rings is 2. The number of nitro groups is 1. The fourth-order valence-electron chi connectivity index (χ4n) is 1.79. The van der Waals surface area contributed by atoms with Gasteiger partial charge in [-0.3, -0.25) is 14.9 Å². The fraction of sp³-hybridized carbons (Fsp3) is 0.0714. The van der Waals surface area contributed by atoms with Crippen molar-refractivity contribution in [1.82, 2.24) is 0 Å². The van der Waals surface area contributed by atoms with Crippen LogP contribution in [0.5, 0.6) is 0 Å². The summed E-state index contributed by atoms with van der Waals surface area (Å²) in [7, 11) is 0. The third kappa shape index (κ3) is 3.59. The molecule has 108 valence electrons. The Morgan fingerprint density at radius 3 is 2.57 bits per heavy atom. The molecule has 7 heteroatoms. The van der Waals surface area contributed by atoms with Crippen LogP contribution in [0.3, 0.4) is 0 Å². The van der Waals surface area contributed by atoms with E-state index in [1.807, 2.05) is 0 Å². The summed E-state index contributed by atoms with van der Waals surface area (Å²) >= 11 is 9.30. The van der Waals surface area contributed by atoms with Crippen LogP contribution >= 0.6 is 27.5 Å². The Kier molecular flexibility index (Phi) is 4.59. The molecule has 2 aromatic carbocycles. The average Bonchev–Trinajstić information content (AvgIpc) is 2.41. The molecule has 0 aliphatic carbocycles. The number of carbonyl (C=O) groups excluding carboxylic acids is 1. The minimum atomic E-state index is -0.484. The molecule has 0 radical (unpaired) electrons. The van der Waals surface area contributed by atoms with Gasteiger partial charge in [0.15, 0.2) is 0 Å². The Morgan fingerprint density at radius 2 is 2.00 bits per heavy atom. The number of carbonyl (C=O) groups is 1. The quantitative estimate of drug-likeness (QED) is 0.636. The first kappa shape index (κ1) is 15.5. The Bertz CT molecular complexity index is 734. The molecule has 0 bridgehead atoms. The first-order valence-corrected chi connectivity index (χ1v) is 7.07. The Balaban J connectivity index is 2.24. The minimum Gasteiger partial charge on any atom is -0.321 e. The number of rotatable bonds is 3. The van der Waals surface area contributed by atoms with E-state index in [1.54, 1.807) is 25.1 Å². The number of nitrogens with zero attached hydrogens (tertiary/aromatic N) is 1. The molecule has 21 heavy (non-hydrogen) atoms. The molecule has 0 spiro atoms. The smallest absolute Gasteiger partial charge is 0.272 e. The highest BCUT2D eigenvalue weighted by molar-refractivity contribution is 9.10. The van der Waals surface area contributed by atoms with Crippen LogP contribution in [0.25, 0.3) is 0 Å². The molecule has 0 heterocycles. The van der Waals surface area contributed by atoms with E-state index in [0.717, 1.165) is 4.47 Å². The van der Waals surface area contributed by atoms with Crippen molar-refractivity contribution in [3.8, 4) is 0 Å². The average molecular weight is 370 g/mol.